The highest BCUT2D eigenvalue weighted by Crippen LogP contribution is 2.26. The second-order valence-electron chi connectivity index (χ2n) is 5.97. The normalized spacial score (nSPS) is 27.4. The molecule has 1 unspecified atom stereocenters. The van der Waals surface area contributed by atoms with E-state index in [-0.39, 0.29) is 11.9 Å². The number of rotatable bonds is 5. The summed E-state index contributed by atoms with van der Waals surface area (Å²) in [6, 6.07) is 0.256. The summed E-state index contributed by atoms with van der Waals surface area (Å²) in [6.45, 7) is 3.65. The van der Waals surface area contributed by atoms with Crippen LogP contribution in [0.25, 0.3) is 0 Å². The van der Waals surface area contributed by atoms with Gasteiger partial charge in [0.15, 0.2) is 0 Å². The van der Waals surface area contributed by atoms with Crippen molar-refractivity contribution >= 4 is 5.91 Å². The van der Waals surface area contributed by atoms with Gasteiger partial charge in [0, 0.05) is 32.8 Å². The lowest BCUT2D eigenvalue weighted by Crippen LogP contribution is -2.57. The first-order chi connectivity index (χ1) is 9.14. The molecule has 0 aromatic heterocycles. The van der Waals surface area contributed by atoms with Crippen LogP contribution in [0.15, 0.2) is 0 Å². The molecule has 1 aliphatic carbocycles. The minimum atomic E-state index is -0.613. The minimum absolute atomic E-state index is 0.0609. The fourth-order valence-corrected chi connectivity index (χ4v) is 3.11. The Balaban J connectivity index is 1.77. The molecule has 5 nitrogen and oxygen atoms in total. The summed E-state index contributed by atoms with van der Waals surface area (Å²) < 4.78 is 5.08. The summed E-state index contributed by atoms with van der Waals surface area (Å²) in [6.07, 6.45) is 6.05. The van der Waals surface area contributed by atoms with Crippen LogP contribution in [0.1, 0.15) is 38.5 Å². The molecule has 0 spiro atoms. The van der Waals surface area contributed by atoms with Crippen molar-refractivity contribution in [3.8, 4) is 0 Å². The maximum absolute atomic E-state index is 12.3. The lowest BCUT2D eigenvalue weighted by atomic mass is 9.82. The van der Waals surface area contributed by atoms with Gasteiger partial charge in [0.05, 0.1) is 12.1 Å². The number of amides is 1. The molecule has 1 aliphatic heterocycles. The first-order valence-corrected chi connectivity index (χ1v) is 7.45. The van der Waals surface area contributed by atoms with E-state index >= 15 is 0 Å². The number of nitrogens with one attached hydrogen (secondary N) is 1. The van der Waals surface area contributed by atoms with Gasteiger partial charge in [0.1, 0.15) is 0 Å². The monoisotopic (exact) mass is 269 g/mol. The van der Waals surface area contributed by atoms with Crippen molar-refractivity contribution in [2.75, 3.05) is 33.4 Å². The number of ether oxygens (including phenoxy) is 1. The molecule has 1 amide bonds. The van der Waals surface area contributed by atoms with Crippen molar-refractivity contribution in [1.29, 1.82) is 0 Å². The molecule has 1 heterocycles. The number of hydrogen-bond acceptors (Lipinski definition) is 4. The number of carbonyl (C=O) groups is 1. The molecule has 5 heteroatoms. The van der Waals surface area contributed by atoms with Crippen LogP contribution in [0.2, 0.25) is 0 Å². The Morgan fingerprint density at radius 3 is 2.84 bits per heavy atom. The van der Waals surface area contributed by atoms with Gasteiger partial charge < -0.3 is 15.8 Å². The Bertz CT molecular complexity index is 303. The topological polar surface area (TPSA) is 67.6 Å². The third-order valence-electron chi connectivity index (χ3n) is 4.42. The molecule has 19 heavy (non-hydrogen) atoms. The van der Waals surface area contributed by atoms with Gasteiger partial charge in [-0.15, -0.1) is 0 Å². The molecule has 1 atom stereocenters. The third kappa shape index (κ3) is 3.91. The summed E-state index contributed by atoms with van der Waals surface area (Å²) in [5.41, 5.74) is 5.64. The highest BCUT2D eigenvalue weighted by atomic mass is 16.5. The number of methoxy groups -OCH3 is 1. The summed E-state index contributed by atoms with van der Waals surface area (Å²) in [5, 5.41) is 3.15. The van der Waals surface area contributed by atoms with Crippen molar-refractivity contribution in [2.24, 2.45) is 5.73 Å². The lowest BCUT2D eigenvalue weighted by Gasteiger charge is -2.33. The zero-order valence-corrected chi connectivity index (χ0v) is 12.0. The fourth-order valence-electron chi connectivity index (χ4n) is 3.11. The van der Waals surface area contributed by atoms with E-state index in [1.807, 2.05) is 0 Å². The average Bonchev–Trinajstić information content (AvgIpc) is 2.85. The van der Waals surface area contributed by atoms with Crippen molar-refractivity contribution in [2.45, 2.75) is 50.1 Å². The van der Waals surface area contributed by atoms with Crippen LogP contribution >= 0.6 is 0 Å². The molecular weight excluding hydrogens is 242 g/mol. The SMILES string of the molecule is COCCN1CCC(NC(=O)C2(N)CCCCC2)C1. The highest BCUT2D eigenvalue weighted by molar-refractivity contribution is 5.86. The van der Waals surface area contributed by atoms with Gasteiger partial charge in [0.25, 0.3) is 0 Å². The van der Waals surface area contributed by atoms with Gasteiger partial charge in [-0.25, -0.2) is 0 Å². The Kier molecular flexibility index (Phi) is 5.19. The van der Waals surface area contributed by atoms with E-state index < -0.39 is 5.54 Å². The molecule has 0 bridgehead atoms. The van der Waals surface area contributed by atoms with Crippen LogP contribution in [0.3, 0.4) is 0 Å². The molecule has 2 fully saturated rings. The Morgan fingerprint density at radius 1 is 1.42 bits per heavy atom. The molecule has 2 rings (SSSR count). The van der Waals surface area contributed by atoms with E-state index in [1.165, 1.54) is 6.42 Å². The van der Waals surface area contributed by atoms with Crippen LogP contribution in [-0.4, -0.2) is 55.7 Å². The number of nitrogens with two attached hydrogens (primary N) is 1. The maximum Gasteiger partial charge on any atom is 0.240 e. The van der Waals surface area contributed by atoms with E-state index in [4.69, 9.17) is 10.5 Å². The van der Waals surface area contributed by atoms with Crippen LogP contribution in [0.4, 0.5) is 0 Å². The first kappa shape index (κ1) is 14.8. The maximum atomic E-state index is 12.3. The molecule has 3 N–H and O–H groups in total. The van der Waals surface area contributed by atoms with E-state index in [9.17, 15) is 4.79 Å². The molecule has 2 aliphatic rings. The van der Waals surface area contributed by atoms with Crippen molar-refractivity contribution < 1.29 is 9.53 Å². The van der Waals surface area contributed by atoms with Crippen molar-refractivity contribution in [3.05, 3.63) is 0 Å². The molecule has 110 valence electrons. The molecule has 1 saturated heterocycles. The van der Waals surface area contributed by atoms with Gasteiger partial charge >= 0.3 is 0 Å². The number of nitrogens with zero attached hydrogens (tertiary/aromatic N) is 1. The van der Waals surface area contributed by atoms with Crippen LogP contribution in [0.5, 0.6) is 0 Å². The van der Waals surface area contributed by atoms with Gasteiger partial charge in [-0.1, -0.05) is 19.3 Å². The summed E-state index contributed by atoms with van der Waals surface area (Å²) in [4.78, 5) is 14.6. The summed E-state index contributed by atoms with van der Waals surface area (Å²) in [5.74, 6) is 0.0609. The average molecular weight is 269 g/mol. The first-order valence-electron chi connectivity index (χ1n) is 7.45. The number of carbonyl (C=O) groups excluding carboxylic acids is 1. The van der Waals surface area contributed by atoms with E-state index in [0.717, 1.165) is 58.3 Å². The zero-order valence-electron chi connectivity index (χ0n) is 12.0. The summed E-state index contributed by atoms with van der Waals surface area (Å²) in [7, 11) is 1.72. The Hall–Kier alpha value is -0.650. The number of likely N-dealkylation sites (tertiary alicyclic amines) is 1. The highest BCUT2D eigenvalue weighted by Gasteiger charge is 2.37. The van der Waals surface area contributed by atoms with Crippen molar-refractivity contribution in [1.82, 2.24) is 10.2 Å². The second kappa shape index (κ2) is 6.68. The number of hydrogen-bond donors (Lipinski definition) is 2. The molecule has 1 saturated carbocycles. The van der Waals surface area contributed by atoms with E-state index in [0.29, 0.717) is 0 Å². The van der Waals surface area contributed by atoms with Gasteiger partial charge in [-0.05, 0) is 19.3 Å². The third-order valence-corrected chi connectivity index (χ3v) is 4.42. The van der Waals surface area contributed by atoms with E-state index in [2.05, 4.69) is 10.2 Å². The molecule has 0 aromatic carbocycles. The summed E-state index contributed by atoms with van der Waals surface area (Å²) >= 11 is 0. The predicted octanol–water partition coefficient (Wildman–Crippen LogP) is 0.485. The minimum Gasteiger partial charge on any atom is -0.383 e. The smallest absolute Gasteiger partial charge is 0.240 e. The molecule has 0 aromatic rings. The Labute approximate surface area is 115 Å². The lowest BCUT2D eigenvalue weighted by molar-refractivity contribution is -0.128. The predicted molar refractivity (Wildman–Crippen MR) is 74.9 cm³/mol. The molecule has 0 radical (unpaired) electrons. The molecular formula is C14H27N3O2. The Morgan fingerprint density at radius 2 is 2.16 bits per heavy atom. The van der Waals surface area contributed by atoms with Gasteiger partial charge in [-0.2, -0.15) is 0 Å². The second-order valence-corrected chi connectivity index (χ2v) is 5.97. The zero-order chi connectivity index (χ0) is 13.7. The van der Waals surface area contributed by atoms with E-state index in [1.54, 1.807) is 7.11 Å². The van der Waals surface area contributed by atoms with Gasteiger partial charge in [-0.3, -0.25) is 9.69 Å². The van der Waals surface area contributed by atoms with Crippen LogP contribution in [0, 0.1) is 0 Å². The fraction of sp³-hybridized carbons (Fsp3) is 0.929. The van der Waals surface area contributed by atoms with Crippen LogP contribution < -0.4 is 11.1 Å². The standard InChI is InChI=1S/C14H27N3O2/c1-19-10-9-17-8-5-12(11-17)16-13(18)14(15)6-3-2-4-7-14/h12H,2-11,15H2,1H3,(H,16,18). The van der Waals surface area contributed by atoms with Crippen LogP contribution in [-0.2, 0) is 9.53 Å². The van der Waals surface area contributed by atoms with Crippen molar-refractivity contribution in [3.63, 3.8) is 0 Å². The van der Waals surface area contributed by atoms with Gasteiger partial charge in [0.2, 0.25) is 5.91 Å². The largest absolute Gasteiger partial charge is 0.383 e. The quantitative estimate of drug-likeness (QED) is 0.762.